The van der Waals surface area contributed by atoms with E-state index < -0.39 is 27.6 Å². The number of hydrogen-bond acceptors (Lipinski definition) is 10. The zero-order chi connectivity index (χ0) is 33.2. The molecule has 6 atom stereocenters. The molecule has 0 saturated carbocycles. The molecule has 0 radical (unpaired) electrons. The lowest BCUT2D eigenvalue weighted by atomic mass is 9.52. The number of fused-ring (bicyclic) bond motifs is 5. The van der Waals surface area contributed by atoms with E-state index in [0.29, 0.717) is 54.1 Å². The average Bonchev–Trinajstić information content (AvgIpc) is 3.77. The van der Waals surface area contributed by atoms with Crippen molar-refractivity contribution in [1.29, 1.82) is 0 Å². The number of carbonyl (C=O) groups excluding carboxylic acids is 3. The number of ether oxygens (including phenoxy) is 3. The van der Waals surface area contributed by atoms with Crippen molar-refractivity contribution in [2.24, 2.45) is 5.41 Å². The molecule has 10 rings (SSSR count). The highest BCUT2D eigenvalue weighted by molar-refractivity contribution is 6.17. The Morgan fingerprint density at radius 1 is 0.917 bits per heavy atom. The molecule has 2 aromatic carbocycles. The van der Waals surface area contributed by atoms with Crippen molar-refractivity contribution < 1.29 is 33.7 Å². The third kappa shape index (κ3) is 2.64. The third-order valence-electron chi connectivity index (χ3n) is 13.9. The van der Waals surface area contributed by atoms with Crippen LogP contribution in [0.1, 0.15) is 61.6 Å². The molecule has 0 aromatic heterocycles. The van der Waals surface area contributed by atoms with Gasteiger partial charge >= 0.3 is 5.97 Å². The molecule has 11 heteroatoms. The summed E-state index contributed by atoms with van der Waals surface area (Å²) >= 11 is 0. The summed E-state index contributed by atoms with van der Waals surface area (Å²) in [7, 11) is 7.21. The summed E-state index contributed by atoms with van der Waals surface area (Å²) < 4.78 is 19.3. The lowest BCUT2D eigenvalue weighted by Gasteiger charge is -2.59. The monoisotopic (exact) mass is 652 g/mol. The smallest absolute Gasteiger partial charge is 0.308 e. The number of phenolic OH excluding ortho intramolecular Hbond substituents is 1. The van der Waals surface area contributed by atoms with Crippen molar-refractivity contribution in [1.82, 2.24) is 9.80 Å². The molecule has 3 spiro atoms. The van der Waals surface area contributed by atoms with E-state index in [1.54, 1.807) is 31.3 Å². The van der Waals surface area contributed by atoms with Crippen LogP contribution in [0.15, 0.2) is 36.4 Å². The van der Waals surface area contributed by atoms with Gasteiger partial charge in [0.15, 0.2) is 28.7 Å². The van der Waals surface area contributed by atoms with Crippen molar-refractivity contribution in [2.45, 2.75) is 73.2 Å². The van der Waals surface area contributed by atoms with E-state index in [4.69, 9.17) is 14.2 Å². The van der Waals surface area contributed by atoms with E-state index in [1.807, 2.05) is 18.0 Å². The number of ketones is 1. The van der Waals surface area contributed by atoms with Gasteiger partial charge in [0.05, 0.1) is 54.3 Å². The lowest BCUT2D eigenvalue weighted by molar-refractivity contribution is -0.207. The number of amides is 1. The van der Waals surface area contributed by atoms with Gasteiger partial charge in [0, 0.05) is 45.1 Å². The summed E-state index contributed by atoms with van der Waals surface area (Å²) in [6, 6.07) is 7.26. The number of methoxy groups -OCH3 is 2. The molecule has 2 aromatic rings. The third-order valence-corrected chi connectivity index (χ3v) is 13.9. The molecule has 48 heavy (non-hydrogen) atoms. The SMILES string of the molecule is COc1c([C@]23CCN(C)[C@]4(CCC(=O)N4c4c(O)cccc42)C3=O)cc2c(c1OC)N(C)[C@@H]1C=C[C@@]34CCCN5CC[C@@]21[C@]53OC(=O)C4. The maximum Gasteiger partial charge on any atom is 0.308 e. The Hall–Kier alpha value is -4.09. The van der Waals surface area contributed by atoms with Crippen LogP contribution in [-0.4, -0.2) is 97.9 Å². The zero-order valence-corrected chi connectivity index (χ0v) is 27.8. The molecule has 5 saturated heterocycles. The standard InChI is InChI=1S/C37H40N4O7/c1-38-17-14-34(21-7-5-8-24(42)28(21)41-26(43)10-13-36(38,41)32(34)45)23-19-22-29(31(47-4)30(23)46-3)39(2)25-9-12-33-11-6-16-40-18-15-35(22,25)37(33,40)48-27(44)20-33/h5,7-9,12,19,25,42H,6,10-11,13-18,20H2,1-4H3/t25-,33-,34+,35-,36+,37+/m1/s1. The Balaban J connectivity index is 1.32. The van der Waals surface area contributed by atoms with E-state index in [0.717, 1.165) is 43.6 Å². The predicted octanol–water partition coefficient (Wildman–Crippen LogP) is 3.19. The number of aromatic hydroxyl groups is 1. The van der Waals surface area contributed by atoms with Crippen LogP contribution in [0.25, 0.3) is 0 Å². The fourth-order valence-corrected chi connectivity index (χ4v) is 12.3. The largest absolute Gasteiger partial charge is 0.506 e. The highest BCUT2D eigenvalue weighted by Crippen LogP contribution is 2.73. The van der Waals surface area contributed by atoms with Gasteiger partial charge in [0.2, 0.25) is 5.91 Å². The minimum absolute atomic E-state index is 0.0302. The molecule has 0 unspecified atom stereocenters. The number of rotatable bonds is 3. The predicted molar refractivity (Wildman–Crippen MR) is 174 cm³/mol. The number of piperidine rings is 2. The first-order valence-electron chi connectivity index (χ1n) is 17.2. The van der Waals surface area contributed by atoms with Crippen LogP contribution in [0.3, 0.4) is 0 Å². The Labute approximate surface area is 279 Å². The van der Waals surface area contributed by atoms with Crippen molar-refractivity contribution in [2.75, 3.05) is 57.7 Å². The summed E-state index contributed by atoms with van der Waals surface area (Å²) in [6.45, 7) is 2.18. The van der Waals surface area contributed by atoms with E-state index in [9.17, 15) is 14.7 Å². The second-order valence-electron chi connectivity index (χ2n) is 15.2. The topological polar surface area (TPSA) is 112 Å². The Kier molecular flexibility index (Phi) is 5.25. The summed E-state index contributed by atoms with van der Waals surface area (Å²) in [5.41, 5.74) is -0.900. The molecule has 7 aliphatic heterocycles. The van der Waals surface area contributed by atoms with Crippen LogP contribution >= 0.6 is 0 Å². The van der Waals surface area contributed by atoms with Gasteiger partial charge in [0.25, 0.3) is 0 Å². The number of nitrogens with zero attached hydrogens (tertiary/aromatic N) is 4. The number of para-hydroxylation sites is 1. The van der Waals surface area contributed by atoms with Crippen LogP contribution in [0, 0.1) is 5.41 Å². The molecule has 2 bridgehead atoms. The summed E-state index contributed by atoms with van der Waals surface area (Å²) in [6.07, 6.45) is 8.49. The van der Waals surface area contributed by atoms with Crippen molar-refractivity contribution >= 4 is 29.0 Å². The maximum atomic E-state index is 15.6. The number of hydrogen-bond donors (Lipinski definition) is 1. The average molecular weight is 653 g/mol. The minimum Gasteiger partial charge on any atom is -0.506 e. The molecule has 8 aliphatic rings. The first-order valence-corrected chi connectivity index (χ1v) is 17.2. The lowest BCUT2D eigenvalue weighted by Crippen LogP contribution is -2.73. The Bertz CT molecular complexity index is 1930. The number of phenols is 1. The van der Waals surface area contributed by atoms with Crippen molar-refractivity contribution in [3.05, 3.63) is 53.1 Å². The molecule has 1 amide bonds. The van der Waals surface area contributed by atoms with Gasteiger partial charge in [-0.05, 0) is 56.0 Å². The number of carbonyl (C=O) groups is 3. The fourth-order valence-electron chi connectivity index (χ4n) is 12.3. The molecular weight excluding hydrogens is 612 g/mol. The summed E-state index contributed by atoms with van der Waals surface area (Å²) in [4.78, 5) is 50.9. The molecule has 7 heterocycles. The molecule has 11 nitrogen and oxygen atoms in total. The molecular formula is C37H40N4O7. The number of Topliss-reactive ketones (excluding diaryl/α,β-unsaturated/α-hetero) is 1. The van der Waals surface area contributed by atoms with Gasteiger partial charge < -0.3 is 24.2 Å². The minimum atomic E-state index is -1.25. The number of likely N-dealkylation sites (tertiary alicyclic amines) is 1. The highest BCUT2D eigenvalue weighted by Gasteiger charge is 2.81. The number of likely N-dealkylation sites (N-methyl/N-ethyl adjacent to an activating group) is 2. The van der Waals surface area contributed by atoms with Gasteiger partial charge in [-0.15, -0.1) is 0 Å². The Morgan fingerprint density at radius 3 is 2.52 bits per heavy atom. The second-order valence-corrected chi connectivity index (χ2v) is 15.2. The van der Waals surface area contributed by atoms with E-state index >= 15 is 4.79 Å². The first-order chi connectivity index (χ1) is 23.1. The van der Waals surface area contributed by atoms with Crippen LogP contribution in [0.4, 0.5) is 11.4 Å². The van der Waals surface area contributed by atoms with Crippen molar-refractivity contribution in [3.8, 4) is 17.2 Å². The van der Waals surface area contributed by atoms with Gasteiger partial charge in [0.1, 0.15) is 5.75 Å². The fraction of sp³-hybridized carbons (Fsp3) is 0.541. The summed E-state index contributed by atoms with van der Waals surface area (Å²) in [5, 5.41) is 11.5. The Morgan fingerprint density at radius 2 is 1.73 bits per heavy atom. The molecule has 1 N–H and O–H groups in total. The van der Waals surface area contributed by atoms with E-state index in [1.165, 1.54) is 0 Å². The summed E-state index contributed by atoms with van der Waals surface area (Å²) in [5.74, 6) is 0.532. The molecule has 5 fully saturated rings. The zero-order valence-electron chi connectivity index (χ0n) is 27.8. The second kappa shape index (κ2) is 8.73. The van der Waals surface area contributed by atoms with Crippen LogP contribution in [0.2, 0.25) is 0 Å². The van der Waals surface area contributed by atoms with Gasteiger partial charge in [-0.25, -0.2) is 0 Å². The van der Waals surface area contributed by atoms with Crippen molar-refractivity contribution in [3.63, 3.8) is 0 Å². The highest BCUT2D eigenvalue weighted by atomic mass is 16.6. The quantitative estimate of drug-likeness (QED) is 0.392. The first kappa shape index (κ1) is 28.9. The maximum absolute atomic E-state index is 15.6. The van der Waals surface area contributed by atoms with Gasteiger partial charge in [-0.2, -0.15) is 0 Å². The van der Waals surface area contributed by atoms with E-state index in [-0.39, 0.29) is 35.9 Å². The van der Waals surface area contributed by atoms with E-state index in [2.05, 4.69) is 35.1 Å². The molecule has 1 aliphatic carbocycles. The van der Waals surface area contributed by atoms with Gasteiger partial charge in [-0.3, -0.25) is 29.1 Å². The number of esters is 1. The van der Waals surface area contributed by atoms with Crippen LogP contribution in [0.5, 0.6) is 17.2 Å². The number of benzene rings is 2. The van der Waals surface area contributed by atoms with Crippen LogP contribution in [-0.2, 0) is 30.0 Å². The molecule has 250 valence electrons. The van der Waals surface area contributed by atoms with Crippen LogP contribution < -0.4 is 19.3 Å². The normalized spacial score (nSPS) is 38.7. The van der Waals surface area contributed by atoms with Gasteiger partial charge in [-0.1, -0.05) is 24.3 Å². The number of anilines is 2.